The van der Waals surface area contributed by atoms with Crippen LogP contribution in [0.3, 0.4) is 0 Å². The quantitative estimate of drug-likeness (QED) is 0.144. The first kappa shape index (κ1) is 37.9. The van der Waals surface area contributed by atoms with Crippen molar-refractivity contribution < 1.29 is 25.3 Å². The van der Waals surface area contributed by atoms with E-state index in [0.29, 0.717) is 23.0 Å². The highest BCUT2D eigenvalue weighted by atomic mass is 32.2. The summed E-state index contributed by atoms with van der Waals surface area (Å²) in [6.45, 7) is -0.223. The van der Waals surface area contributed by atoms with Gasteiger partial charge >= 0.3 is 0 Å². The first-order valence-electron chi connectivity index (χ1n) is 19.0. The van der Waals surface area contributed by atoms with Gasteiger partial charge in [0, 0.05) is 13.1 Å². The topological polar surface area (TPSA) is 109 Å². The lowest BCUT2D eigenvalue weighted by molar-refractivity contribution is 0.219. The normalized spacial score (nSPS) is 21.6. The molecule has 1 aliphatic heterocycles. The van der Waals surface area contributed by atoms with Gasteiger partial charge in [0.15, 0.2) is 9.84 Å². The molecule has 3 fully saturated rings. The highest BCUT2D eigenvalue weighted by Crippen LogP contribution is 2.37. The van der Waals surface area contributed by atoms with Gasteiger partial charge in [-0.1, -0.05) is 123 Å². The maximum atomic E-state index is 14.8. The Morgan fingerprint density at radius 1 is 0.472 bits per heavy atom. The lowest BCUT2D eigenvalue weighted by Crippen LogP contribution is -2.54. The number of hydrogen-bond acceptors (Lipinski definition) is 6. The third-order valence-electron chi connectivity index (χ3n) is 11.5. The first-order chi connectivity index (χ1) is 25.5. The van der Waals surface area contributed by atoms with E-state index in [4.69, 9.17) is 0 Å². The molecule has 1 heterocycles. The predicted octanol–water partition coefficient (Wildman–Crippen LogP) is 8.03. The van der Waals surface area contributed by atoms with E-state index in [1.165, 1.54) is 21.5 Å². The van der Waals surface area contributed by atoms with E-state index < -0.39 is 53.5 Å². The van der Waals surface area contributed by atoms with Crippen LogP contribution >= 0.6 is 0 Å². The van der Waals surface area contributed by atoms with E-state index in [0.717, 1.165) is 62.5 Å². The van der Waals surface area contributed by atoms with Gasteiger partial charge in [0.2, 0.25) is 20.0 Å². The van der Waals surface area contributed by atoms with Crippen LogP contribution in [0.15, 0.2) is 119 Å². The van der Waals surface area contributed by atoms with Crippen LogP contribution in [0.1, 0.15) is 98.3 Å². The highest BCUT2D eigenvalue weighted by Gasteiger charge is 2.50. The molecule has 282 valence electrons. The zero-order chi connectivity index (χ0) is 37.1. The molecule has 0 spiro atoms. The van der Waals surface area contributed by atoms with Crippen molar-refractivity contribution in [3.05, 3.63) is 131 Å². The summed E-state index contributed by atoms with van der Waals surface area (Å²) in [6.07, 6.45) is 11.3. The molecule has 0 unspecified atom stereocenters. The van der Waals surface area contributed by atoms with Crippen LogP contribution < -0.4 is 0 Å². The van der Waals surface area contributed by atoms with Crippen LogP contribution in [0.25, 0.3) is 0 Å². The van der Waals surface area contributed by atoms with Gasteiger partial charge in [0.25, 0.3) is 0 Å². The molecule has 1 saturated heterocycles. The molecule has 0 N–H and O–H groups in total. The molecule has 4 aromatic rings. The number of rotatable bonds is 12. The Bertz CT molecular complexity index is 2000. The monoisotopic (exact) mass is 774 g/mol. The summed E-state index contributed by atoms with van der Waals surface area (Å²) < 4.78 is 89.1. The molecule has 2 saturated carbocycles. The molecule has 8 nitrogen and oxygen atoms in total. The van der Waals surface area contributed by atoms with Gasteiger partial charge in [-0.25, -0.2) is 25.3 Å². The van der Waals surface area contributed by atoms with Crippen molar-refractivity contribution in [3.8, 4) is 0 Å². The third kappa shape index (κ3) is 8.65. The summed E-state index contributed by atoms with van der Waals surface area (Å²) in [7, 11) is -12.5. The molecular formula is C42H50N2O6S3. The van der Waals surface area contributed by atoms with Crippen LogP contribution in [0, 0.1) is 0 Å². The van der Waals surface area contributed by atoms with Crippen molar-refractivity contribution in [3.63, 3.8) is 0 Å². The van der Waals surface area contributed by atoms with Gasteiger partial charge in [-0.05, 0) is 84.0 Å². The lowest BCUT2D eigenvalue weighted by Gasteiger charge is -2.37. The van der Waals surface area contributed by atoms with Gasteiger partial charge < -0.3 is 0 Å². The molecule has 0 aromatic heterocycles. The van der Waals surface area contributed by atoms with E-state index in [9.17, 15) is 25.3 Å². The fraction of sp³-hybridized carbons (Fsp3) is 0.429. The van der Waals surface area contributed by atoms with E-state index in [1.807, 2.05) is 60.7 Å². The van der Waals surface area contributed by atoms with E-state index in [2.05, 4.69) is 0 Å². The molecular weight excluding hydrogens is 725 g/mol. The lowest BCUT2D eigenvalue weighted by atomic mass is 9.84. The fourth-order valence-corrected chi connectivity index (χ4v) is 14.1. The number of hydrogen-bond donors (Lipinski definition) is 0. The van der Waals surface area contributed by atoms with Crippen molar-refractivity contribution in [2.45, 2.75) is 111 Å². The second-order valence-corrected chi connectivity index (χ2v) is 21.0. The van der Waals surface area contributed by atoms with Gasteiger partial charge in [0.05, 0.1) is 33.4 Å². The molecule has 53 heavy (non-hydrogen) atoms. The van der Waals surface area contributed by atoms with E-state index >= 15 is 0 Å². The van der Waals surface area contributed by atoms with Crippen LogP contribution in [0.4, 0.5) is 0 Å². The van der Waals surface area contributed by atoms with Crippen molar-refractivity contribution in [2.75, 3.05) is 11.5 Å². The van der Waals surface area contributed by atoms with Crippen LogP contribution in [-0.2, 0) is 43.0 Å². The van der Waals surface area contributed by atoms with Gasteiger partial charge in [-0.3, -0.25) is 0 Å². The number of sulfone groups is 1. The Hall–Kier alpha value is -3.35. The van der Waals surface area contributed by atoms with Crippen molar-refractivity contribution >= 4 is 29.9 Å². The summed E-state index contributed by atoms with van der Waals surface area (Å²) in [5.74, 6) is -0.214. The van der Waals surface area contributed by atoms with Crippen LogP contribution in [-0.4, -0.2) is 57.5 Å². The third-order valence-corrected chi connectivity index (χ3v) is 17.0. The Morgan fingerprint density at radius 3 is 1.15 bits per heavy atom. The molecule has 0 bridgehead atoms. The Morgan fingerprint density at radius 2 is 0.811 bits per heavy atom. The van der Waals surface area contributed by atoms with Gasteiger partial charge in [0.1, 0.15) is 0 Å². The average Bonchev–Trinajstić information content (AvgIpc) is 3.51. The molecule has 0 amide bonds. The summed E-state index contributed by atoms with van der Waals surface area (Å²) in [4.78, 5) is 0.124. The van der Waals surface area contributed by atoms with Crippen molar-refractivity contribution in [1.29, 1.82) is 0 Å². The summed E-state index contributed by atoms with van der Waals surface area (Å²) in [5, 5.41) is 0. The standard InChI is InChI=1S/C42H50N2O6S3/c45-51(46)31-41(43(29-33-13-5-1-6-14-33)52(47,48)39-25-21-37(22-26-39)35-17-9-3-10-18-35)42(32-51)44(30-34-15-7-2-8-16-34)53(49,50)40-27-23-38(24-28-40)36-19-11-4-12-20-36/h1-2,5-8,13-16,21-28,35-36,41-42H,3-4,9-12,17-20,29-32H2/t41-,42-/m1/s1. The average molecular weight is 775 g/mol. The summed E-state index contributed by atoms with van der Waals surface area (Å²) >= 11 is 0. The first-order valence-corrected chi connectivity index (χ1v) is 23.7. The van der Waals surface area contributed by atoms with Gasteiger partial charge in [-0.15, -0.1) is 0 Å². The Balaban J connectivity index is 1.29. The second kappa shape index (κ2) is 16.2. The van der Waals surface area contributed by atoms with Crippen LogP contribution in [0.5, 0.6) is 0 Å². The SMILES string of the molecule is O=S1(=O)C[C@@H](N(Cc2ccccc2)S(=O)(=O)c2ccc(C3CCCCC3)cc2)[C@H](N(Cc2ccccc2)S(=O)(=O)c2ccc(C3CCCCC3)cc2)C1. The zero-order valence-electron chi connectivity index (χ0n) is 30.2. The predicted molar refractivity (Wildman–Crippen MR) is 209 cm³/mol. The summed E-state index contributed by atoms with van der Waals surface area (Å²) in [6, 6.07) is 29.8. The highest BCUT2D eigenvalue weighted by molar-refractivity contribution is 7.92. The number of sulfonamides is 2. The van der Waals surface area contributed by atoms with Crippen molar-refractivity contribution in [2.24, 2.45) is 0 Å². The minimum absolute atomic E-state index is 0.0619. The molecule has 11 heteroatoms. The Kier molecular flexibility index (Phi) is 11.6. The van der Waals surface area contributed by atoms with E-state index in [-0.39, 0.29) is 22.9 Å². The number of benzene rings is 4. The molecule has 4 aromatic carbocycles. The smallest absolute Gasteiger partial charge is 0.229 e. The van der Waals surface area contributed by atoms with Crippen LogP contribution in [0.2, 0.25) is 0 Å². The molecule has 2 atom stereocenters. The maximum absolute atomic E-state index is 14.8. The largest absolute Gasteiger partial charge is 0.243 e. The summed E-state index contributed by atoms with van der Waals surface area (Å²) in [5.41, 5.74) is 3.56. The Labute approximate surface area is 316 Å². The maximum Gasteiger partial charge on any atom is 0.243 e. The second-order valence-electron chi connectivity index (χ2n) is 15.1. The molecule has 3 aliphatic rings. The minimum Gasteiger partial charge on any atom is -0.229 e. The zero-order valence-corrected chi connectivity index (χ0v) is 32.6. The number of nitrogens with zero attached hydrogens (tertiary/aromatic N) is 2. The van der Waals surface area contributed by atoms with Gasteiger partial charge in [-0.2, -0.15) is 8.61 Å². The van der Waals surface area contributed by atoms with E-state index in [1.54, 1.807) is 48.5 Å². The van der Waals surface area contributed by atoms with Crippen molar-refractivity contribution in [1.82, 2.24) is 8.61 Å². The minimum atomic E-state index is -4.30. The molecule has 7 rings (SSSR count). The molecule has 0 radical (unpaired) electrons. The molecule has 2 aliphatic carbocycles. The fourth-order valence-electron chi connectivity index (χ4n) is 8.61.